The number of hydrogen-bond acceptors (Lipinski definition) is 6. The second-order valence-electron chi connectivity index (χ2n) is 14.0. The molecule has 0 saturated heterocycles. The molecule has 2 aromatic heterocycles. The molecule has 0 radical (unpaired) electrons. The first-order valence-electron chi connectivity index (χ1n) is 18.9. The van der Waals surface area contributed by atoms with Crippen molar-refractivity contribution in [3.8, 4) is 67.9 Å². The molecule has 6 heteroatoms. The predicted octanol–water partition coefficient (Wildman–Crippen LogP) is 14.1. The average molecular weight is 749 g/mol. The molecule has 1 aliphatic rings. The third-order valence-electron chi connectivity index (χ3n) is 10.5. The molecule has 0 unspecified atom stereocenters. The fourth-order valence-electron chi connectivity index (χ4n) is 7.85. The van der Waals surface area contributed by atoms with Gasteiger partial charge in [0.1, 0.15) is 0 Å². The zero-order valence-corrected chi connectivity index (χ0v) is 31.4. The summed E-state index contributed by atoms with van der Waals surface area (Å²) >= 11 is 1.79. The topological polar surface area (TPSA) is 51.1 Å². The number of para-hydroxylation sites is 2. The van der Waals surface area contributed by atoms with Gasteiger partial charge in [0.2, 0.25) is 0 Å². The molecular weight excluding hydrogens is 717 g/mol. The van der Waals surface area contributed by atoms with E-state index in [-0.39, 0.29) is 0 Å². The van der Waals surface area contributed by atoms with Gasteiger partial charge in [0.05, 0.1) is 11.4 Å². The van der Waals surface area contributed by atoms with Crippen LogP contribution < -0.4 is 9.64 Å². The molecular formula is C51H32N4OS. The van der Waals surface area contributed by atoms with E-state index < -0.39 is 0 Å². The van der Waals surface area contributed by atoms with Crippen molar-refractivity contribution in [3.05, 3.63) is 194 Å². The maximum Gasteiger partial charge on any atom is 0.164 e. The van der Waals surface area contributed by atoms with Crippen molar-refractivity contribution in [3.63, 3.8) is 0 Å². The summed E-state index contributed by atoms with van der Waals surface area (Å²) in [5, 5.41) is 2.30. The number of hydrogen-bond donors (Lipinski definition) is 0. The number of ether oxygens (including phenoxy) is 1. The highest BCUT2D eigenvalue weighted by Crippen LogP contribution is 2.52. The standard InChI is InChI=1S/C51H32N4OS/c1-4-15-33(16-5-1)36-21-12-22-38(31-36)55-42-26-10-11-27-44(42)56-45-32-37(29-30-43(45)55)39-23-13-24-40-47-41(25-14-28-46(47)57-48(39)40)51-53-49(34-17-6-2-7-18-34)52-50(54-51)35-19-8-3-9-20-35/h1-32H. The first-order chi connectivity index (χ1) is 28.2. The highest BCUT2D eigenvalue weighted by molar-refractivity contribution is 7.26. The molecule has 0 fully saturated rings. The Hall–Kier alpha value is -7.41. The maximum atomic E-state index is 6.69. The first-order valence-corrected chi connectivity index (χ1v) is 19.8. The summed E-state index contributed by atoms with van der Waals surface area (Å²) < 4.78 is 9.06. The smallest absolute Gasteiger partial charge is 0.164 e. The Morgan fingerprint density at radius 3 is 1.75 bits per heavy atom. The number of anilines is 3. The van der Waals surface area contributed by atoms with Gasteiger partial charge in [0.25, 0.3) is 0 Å². The van der Waals surface area contributed by atoms with Crippen LogP contribution in [0.4, 0.5) is 17.1 Å². The number of rotatable bonds is 6. The van der Waals surface area contributed by atoms with Crippen LogP contribution in [0.3, 0.4) is 0 Å². The van der Waals surface area contributed by atoms with Gasteiger partial charge in [-0.05, 0) is 64.7 Å². The minimum atomic E-state index is 0.646. The van der Waals surface area contributed by atoms with E-state index in [0.29, 0.717) is 17.5 Å². The second kappa shape index (κ2) is 13.7. The van der Waals surface area contributed by atoms with E-state index in [1.54, 1.807) is 11.3 Å². The van der Waals surface area contributed by atoms with Crippen molar-refractivity contribution in [1.29, 1.82) is 0 Å². The van der Waals surface area contributed by atoms with Crippen molar-refractivity contribution in [2.45, 2.75) is 0 Å². The third kappa shape index (κ3) is 5.82. The summed E-state index contributed by atoms with van der Waals surface area (Å²) in [5.41, 5.74) is 10.5. The quantitative estimate of drug-likeness (QED) is 0.169. The van der Waals surface area contributed by atoms with Gasteiger partial charge in [-0.3, -0.25) is 0 Å². The van der Waals surface area contributed by atoms with E-state index in [2.05, 4.69) is 126 Å². The molecule has 0 aliphatic carbocycles. The molecule has 1 aliphatic heterocycles. The highest BCUT2D eigenvalue weighted by Gasteiger charge is 2.27. The molecule has 57 heavy (non-hydrogen) atoms. The monoisotopic (exact) mass is 748 g/mol. The second-order valence-corrected chi connectivity index (χ2v) is 15.1. The van der Waals surface area contributed by atoms with E-state index in [1.165, 1.54) is 15.0 Å². The number of nitrogens with zero attached hydrogens (tertiary/aromatic N) is 4. The fraction of sp³-hybridized carbons (Fsp3) is 0. The van der Waals surface area contributed by atoms with Gasteiger partial charge in [-0.1, -0.05) is 152 Å². The molecule has 11 rings (SSSR count). The van der Waals surface area contributed by atoms with Crippen LogP contribution in [0.2, 0.25) is 0 Å². The van der Waals surface area contributed by atoms with Gasteiger partial charge in [0.15, 0.2) is 29.0 Å². The lowest BCUT2D eigenvalue weighted by molar-refractivity contribution is 0.477. The lowest BCUT2D eigenvalue weighted by Crippen LogP contribution is -2.15. The van der Waals surface area contributed by atoms with Gasteiger partial charge >= 0.3 is 0 Å². The molecule has 10 aromatic rings. The van der Waals surface area contributed by atoms with Crippen molar-refractivity contribution < 1.29 is 4.74 Å². The summed E-state index contributed by atoms with van der Waals surface area (Å²) in [6.07, 6.45) is 0. The van der Waals surface area contributed by atoms with Crippen LogP contribution >= 0.6 is 11.3 Å². The van der Waals surface area contributed by atoms with E-state index in [0.717, 1.165) is 72.7 Å². The van der Waals surface area contributed by atoms with Gasteiger partial charge < -0.3 is 9.64 Å². The lowest BCUT2D eigenvalue weighted by atomic mass is 9.99. The predicted molar refractivity (Wildman–Crippen MR) is 235 cm³/mol. The minimum absolute atomic E-state index is 0.646. The van der Waals surface area contributed by atoms with Crippen molar-refractivity contribution in [2.75, 3.05) is 4.90 Å². The Balaban J connectivity index is 1.04. The zero-order chi connectivity index (χ0) is 37.7. The van der Waals surface area contributed by atoms with Crippen LogP contribution in [0.5, 0.6) is 11.5 Å². The summed E-state index contributed by atoms with van der Waals surface area (Å²) in [5.74, 6) is 3.57. The zero-order valence-electron chi connectivity index (χ0n) is 30.6. The minimum Gasteiger partial charge on any atom is -0.453 e. The SMILES string of the molecule is c1ccc(-c2cccc(N3c4ccccc4Oc4cc(-c5cccc6c5sc5cccc(-c7nc(-c8ccccc8)nc(-c8ccccc8)n7)c56)ccc43)c2)cc1. The highest BCUT2D eigenvalue weighted by atomic mass is 32.1. The first kappa shape index (κ1) is 33.0. The lowest BCUT2D eigenvalue weighted by Gasteiger charge is -2.33. The molecule has 5 nitrogen and oxygen atoms in total. The molecule has 0 atom stereocenters. The van der Waals surface area contributed by atoms with Gasteiger partial charge in [-0.25, -0.2) is 15.0 Å². The van der Waals surface area contributed by atoms with E-state index >= 15 is 0 Å². The van der Waals surface area contributed by atoms with E-state index in [4.69, 9.17) is 19.7 Å². The number of thiophene rings is 1. The Morgan fingerprint density at radius 1 is 0.404 bits per heavy atom. The summed E-state index contributed by atoms with van der Waals surface area (Å²) in [4.78, 5) is 17.4. The third-order valence-corrected chi connectivity index (χ3v) is 11.7. The maximum absolute atomic E-state index is 6.69. The fourth-order valence-corrected chi connectivity index (χ4v) is 9.11. The largest absolute Gasteiger partial charge is 0.453 e. The van der Waals surface area contributed by atoms with Crippen LogP contribution in [0.25, 0.3) is 76.6 Å². The summed E-state index contributed by atoms with van der Waals surface area (Å²) in [6, 6.07) is 67.3. The van der Waals surface area contributed by atoms with Crippen LogP contribution in [0.15, 0.2) is 194 Å². The van der Waals surface area contributed by atoms with Crippen LogP contribution in [0.1, 0.15) is 0 Å². The Labute approximate surface area is 333 Å². The van der Waals surface area contributed by atoms with Crippen LogP contribution in [-0.2, 0) is 0 Å². The van der Waals surface area contributed by atoms with Gasteiger partial charge in [-0.2, -0.15) is 0 Å². The van der Waals surface area contributed by atoms with Gasteiger partial charge in [0, 0.05) is 42.6 Å². The molecule has 0 spiro atoms. The van der Waals surface area contributed by atoms with Crippen molar-refractivity contribution >= 4 is 48.6 Å². The number of aromatic nitrogens is 3. The number of benzene rings is 8. The summed E-state index contributed by atoms with van der Waals surface area (Å²) in [7, 11) is 0. The molecule has 0 saturated carbocycles. The Morgan fingerprint density at radius 2 is 1.00 bits per heavy atom. The van der Waals surface area contributed by atoms with E-state index in [9.17, 15) is 0 Å². The summed E-state index contributed by atoms with van der Waals surface area (Å²) in [6.45, 7) is 0. The Bertz CT molecular complexity index is 3050. The van der Waals surface area contributed by atoms with Crippen LogP contribution in [0, 0.1) is 0 Å². The number of fused-ring (bicyclic) bond motifs is 5. The Kier molecular flexibility index (Phi) is 7.93. The van der Waals surface area contributed by atoms with Crippen LogP contribution in [-0.4, -0.2) is 15.0 Å². The normalized spacial score (nSPS) is 12.0. The average Bonchev–Trinajstić information content (AvgIpc) is 3.68. The molecule has 0 N–H and O–H groups in total. The van der Waals surface area contributed by atoms with Crippen molar-refractivity contribution in [1.82, 2.24) is 15.0 Å². The van der Waals surface area contributed by atoms with E-state index in [1.807, 2.05) is 72.8 Å². The molecule has 0 bridgehead atoms. The molecule has 3 heterocycles. The molecule has 268 valence electrons. The van der Waals surface area contributed by atoms with Crippen molar-refractivity contribution in [2.24, 2.45) is 0 Å². The van der Waals surface area contributed by atoms with Gasteiger partial charge in [-0.15, -0.1) is 11.3 Å². The molecule has 0 amide bonds. The molecule has 8 aromatic carbocycles.